The largest absolute Gasteiger partial charge is 0.311 e. The maximum atomic E-state index is 3.80. The lowest BCUT2D eigenvalue weighted by Gasteiger charge is -2.39. The summed E-state index contributed by atoms with van der Waals surface area (Å²) in [5.74, 6) is 0.969. The van der Waals surface area contributed by atoms with Crippen molar-refractivity contribution in [3.8, 4) is 0 Å². The average Bonchev–Trinajstić information content (AvgIpc) is 2.52. The zero-order valence-electron chi connectivity index (χ0n) is 13.7. The minimum atomic E-state index is 0.796. The van der Waals surface area contributed by atoms with Crippen LogP contribution in [0.3, 0.4) is 0 Å². The Labute approximate surface area is 126 Å². The lowest BCUT2D eigenvalue weighted by atomic mass is 9.83. The first-order valence-corrected chi connectivity index (χ1v) is 9.36. The molecule has 2 rings (SSSR count). The Hall–Kier alpha value is -0.0800. The Morgan fingerprint density at radius 2 is 1.70 bits per heavy atom. The molecule has 2 aliphatic rings. The summed E-state index contributed by atoms with van der Waals surface area (Å²) in [7, 11) is 0. The van der Waals surface area contributed by atoms with Gasteiger partial charge in [0.1, 0.15) is 0 Å². The lowest BCUT2D eigenvalue weighted by Crippen LogP contribution is -2.54. The third-order valence-corrected chi connectivity index (χ3v) is 5.34. The molecule has 0 bridgehead atoms. The molecule has 0 aromatic rings. The van der Waals surface area contributed by atoms with Gasteiger partial charge in [0.05, 0.1) is 0 Å². The van der Waals surface area contributed by atoms with Gasteiger partial charge in [-0.1, -0.05) is 58.3 Å². The number of piperazine rings is 1. The summed E-state index contributed by atoms with van der Waals surface area (Å²) in [6.07, 6.45) is 15.9. The van der Waals surface area contributed by atoms with E-state index in [0.717, 1.165) is 12.0 Å². The van der Waals surface area contributed by atoms with Gasteiger partial charge in [-0.3, -0.25) is 0 Å². The number of nitrogens with zero attached hydrogens (tertiary/aromatic N) is 1. The summed E-state index contributed by atoms with van der Waals surface area (Å²) in [6, 6.07) is 0.796. The molecule has 0 amide bonds. The highest BCUT2D eigenvalue weighted by Crippen LogP contribution is 2.27. The Kier molecular flexibility index (Phi) is 7.97. The zero-order valence-corrected chi connectivity index (χ0v) is 13.7. The van der Waals surface area contributed by atoms with Crippen molar-refractivity contribution in [2.24, 2.45) is 5.92 Å². The zero-order chi connectivity index (χ0) is 14.0. The number of hydrogen-bond acceptors (Lipinski definition) is 2. The molecular formula is C18H36N2. The Bertz CT molecular complexity index is 236. The van der Waals surface area contributed by atoms with Crippen molar-refractivity contribution < 1.29 is 0 Å². The Morgan fingerprint density at radius 3 is 2.50 bits per heavy atom. The van der Waals surface area contributed by atoms with Crippen LogP contribution < -0.4 is 5.32 Å². The molecule has 1 unspecified atom stereocenters. The maximum Gasteiger partial charge on any atom is 0.0223 e. The highest BCUT2D eigenvalue weighted by molar-refractivity contribution is 4.85. The van der Waals surface area contributed by atoms with Crippen LogP contribution in [0.5, 0.6) is 0 Å². The first-order valence-electron chi connectivity index (χ1n) is 9.36. The molecule has 1 heterocycles. The van der Waals surface area contributed by atoms with Crippen molar-refractivity contribution in [2.45, 2.75) is 83.6 Å². The molecular weight excluding hydrogens is 244 g/mol. The number of rotatable bonds is 8. The van der Waals surface area contributed by atoms with E-state index in [1.54, 1.807) is 0 Å². The van der Waals surface area contributed by atoms with Crippen molar-refractivity contribution in [3.05, 3.63) is 0 Å². The van der Waals surface area contributed by atoms with E-state index in [2.05, 4.69) is 17.1 Å². The van der Waals surface area contributed by atoms with Gasteiger partial charge in [-0.05, 0) is 31.7 Å². The van der Waals surface area contributed by atoms with Gasteiger partial charge in [0.2, 0.25) is 0 Å². The predicted molar refractivity (Wildman–Crippen MR) is 88.2 cm³/mol. The first-order chi connectivity index (χ1) is 9.90. The smallest absolute Gasteiger partial charge is 0.0223 e. The molecule has 118 valence electrons. The van der Waals surface area contributed by atoms with Crippen LogP contribution in [-0.4, -0.2) is 37.1 Å². The normalized spacial score (nSPS) is 25.9. The maximum absolute atomic E-state index is 3.80. The topological polar surface area (TPSA) is 15.3 Å². The molecule has 1 N–H and O–H groups in total. The van der Waals surface area contributed by atoms with Crippen LogP contribution in [0, 0.1) is 5.92 Å². The molecule has 1 aliphatic carbocycles. The fourth-order valence-electron chi connectivity index (χ4n) is 4.01. The van der Waals surface area contributed by atoms with E-state index in [-0.39, 0.29) is 0 Å². The molecule has 0 aromatic carbocycles. The summed E-state index contributed by atoms with van der Waals surface area (Å²) >= 11 is 0. The van der Waals surface area contributed by atoms with Crippen LogP contribution in [0.2, 0.25) is 0 Å². The quantitative estimate of drug-likeness (QED) is 0.670. The third kappa shape index (κ3) is 5.73. The molecule has 1 aliphatic heterocycles. The van der Waals surface area contributed by atoms with Gasteiger partial charge in [0.25, 0.3) is 0 Å². The molecule has 0 radical (unpaired) electrons. The standard InChI is InChI=1S/C18H36N2/c1-2-3-4-5-6-10-14-20-15-13-19-18(16-20)17-11-8-7-9-12-17/h17-19H,2-16H2,1H3. The highest BCUT2D eigenvalue weighted by Gasteiger charge is 2.27. The summed E-state index contributed by atoms with van der Waals surface area (Å²) in [6.45, 7) is 7.46. The van der Waals surface area contributed by atoms with Crippen molar-refractivity contribution in [2.75, 3.05) is 26.2 Å². The van der Waals surface area contributed by atoms with E-state index >= 15 is 0 Å². The van der Waals surface area contributed by atoms with Crippen molar-refractivity contribution in [1.29, 1.82) is 0 Å². The molecule has 0 aromatic heterocycles. The van der Waals surface area contributed by atoms with Crippen molar-refractivity contribution in [1.82, 2.24) is 10.2 Å². The van der Waals surface area contributed by atoms with Gasteiger partial charge >= 0.3 is 0 Å². The fraction of sp³-hybridized carbons (Fsp3) is 1.00. The Morgan fingerprint density at radius 1 is 0.950 bits per heavy atom. The average molecular weight is 281 g/mol. The first kappa shape index (κ1) is 16.3. The van der Waals surface area contributed by atoms with Gasteiger partial charge < -0.3 is 10.2 Å². The van der Waals surface area contributed by atoms with Gasteiger partial charge in [0, 0.05) is 25.7 Å². The summed E-state index contributed by atoms with van der Waals surface area (Å²) in [5.41, 5.74) is 0. The van der Waals surface area contributed by atoms with Crippen LogP contribution in [0.4, 0.5) is 0 Å². The highest BCUT2D eigenvalue weighted by atomic mass is 15.2. The summed E-state index contributed by atoms with van der Waals surface area (Å²) in [4.78, 5) is 2.73. The van der Waals surface area contributed by atoms with E-state index in [1.165, 1.54) is 96.8 Å². The molecule has 0 spiro atoms. The fourth-order valence-corrected chi connectivity index (χ4v) is 4.01. The predicted octanol–water partition coefficient (Wildman–Crippen LogP) is 4.20. The third-order valence-electron chi connectivity index (χ3n) is 5.34. The second-order valence-electron chi connectivity index (χ2n) is 7.03. The van der Waals surface area contributed by atoms with Crippen LogP contribution >= 0.6 is 0 Å². The minimum absolute atomic E-state index is 0.796. The molecule has 1 saturated carbocycles. The molecule has 2 nitrogen and oxygen atoms in total. The molecule has 2 fully saturated rings. The van der Waals surface area contributed by atoms with E-state index in [4.69, 9.17) is 0 Å². The van der Waals surface area contributed by atoms with Gasteiger partial charge in [-0.15, -0.1) is 0 Å². The monoisotopic (exact) mass is 280 g/mol. The second-order valence-corrected chi connectivity index (χ2v) is 7.03. The molecule has 2 heteroatoms. The summed E-state index contributed by atoms with van der Waals surface area (Å²) < 4.78 is 0. The summed E-state index contributed by atoms with van der Waals surface area (Å²) in [5, 5.41) is 3.80. The van der Waals surface area contributed by atoms with Gasteiger partial charge in [-0.2, -0.15) is 0 Å². The number of unbranched alkanes of at least 4 members (excludes halogenated alkanes) is 5. The van der Waals surface area contributed by atoms with E-state index in [0.29, 0.717) is 0 Å². The van der Waals surface area contributed by atoms with Crippen molar-refractivity contribution in [3.63, 3.8) is 0 Å². The van der Waals surface area contributed by atoms with E-state index in [1.807, 2.05) is 0 Å². The van der Waals surface area contributed by atoms with Crippen LogP contribution in [0.15, 0.2) is 0 Å². The minimum Gasteiger partial charge on any atom is -0.311 e. The van der Waals surface area contributed by atoms with Gasteiger partial charge in [0.15, 0.2) is 0 Å². The van der Waals surface area contributed by atoms with Crippen LogP contribution in [0.25, 0.3) is 0 Å². The molecule has 1 saturated heterocycles. The lowest BCUT2D eigenvalue weighted by molar-refractivity contribution is 0.144. The molecule has 20 heavy (non-hydrogen) atoms. The number of hydrogen-bond donors (Lipinski definition) is 1. The van der Waals surface area contributed by atoms with E-state index < -0.39 is 0 Å². The van der Waals surface area contributed by atoms with Crippen molar-refractivity contribution >= 4 is 0 Å². The van der Waals surface area contributed by atoms with Crippen LogP contribution in [0.1, 0.15) is 77.6 Å². The van der Waals surface area contributed by atoms with Crippen LogP contribution in [-0.2, 0) is 0 Å². The SMILES string of the molecule is CCCCCCCCN1CCNC(C2CCCCC2)C1. The van der Waals surface area contributed by atoms with E-state index in [9.17, 15) is 0 Å². The number of nitrogens with one attached hydrogen (secondary N) is 1. The second kappa shape index (κ2) is 9.78. The Balaban J connectivity index is 1.58. The molecule has 1 atom stereocenters. The van der Waals surface area contributed by atoms with Gasteiger partial charge in [-0.25, -0.2) is 0 Å².